The van der Waals surface area contributed by atoms with Crippen molar-refractivity contribution < 1.29 is 17.6 Å². The summed E-state index contributed by atoms with van der Waals surface area (Å²) in [5.41, 5.74) is -0.630. The Bertz CT molecular complexity index is 610. The highest BCUT2D eigenvalue weighted by molar-refractivity contribution is 6.30. The Kier molecular flexibility index (Phi) is 4.18. The van der Waals surface area contributed by atoms with Crippen LogP contribution in [0.3, 0.4) is 0 Å². The van der Waals surface area contributed by atoms with Crippen molar-refractivity contribution in [3.05, 3.63) is 64.4 Å². The summed E-state index contributed by atoms with van der Waals surface area (Å²) in [5.74, 6) is -0.561. The average Bonchev–Trinajstić information content (AvgIpc) is 2.37. The lowest BCUT2D eigenvalue weighted by molar-refractivity contribution is -0.136. The molecule has 0 unspecified atom stereocenters. The number of nitrogens with one attached hydrogen (secondary N) is 1. The topological polar surface area (TPSA) is 12.0 Å². The zero-order chi connectivity index (χ0) is 14.8. The van der Waals surface area contributed by atoms with Crippen LogP contribution in [0.1, 0.15) is 11.1 Å². The van der Waals surface area contributed by atoms with Crippen molar-refractivity contribution in [3.8, 4) is 0 Å². The first-order chi connectivity index (χ1) is 9.38. The molecule has 0 amide bonds. The Morgan fingerprint density at radius 1 is 1.05 bits per heavy atom. The van der Waals surface area contributed by atoms with E-state index in [0.29, 0.717) is 0 Å². The second-order valence-corrected chi connectivity index (χ2v) is 4.57. The van der Waals surface area contributed by atoms with E-state index in [4.69, 9.17) is 11.6 Å². The third-order valence-electron chi connectivity index (χ3n) is 2.72. The molecule has 0 bridgehead atoms. The standard InChI is InChI=1S/C14H10ClF4N/c15-10-6-5-9(12(16)7-10)8-20-13-4-2-1-3-11(13)14(17,18)19/h1-7,20H,8H2. The zero-order valence-electron chi connectivity index (χ0n) is 10.1. The molecule has 0 aliphatic rings. The molecule has 0 aliphatic heterocycles. The molecule has 0 aromatic heterocycles. The van der Waals surface area contributed by atoms with Crippen molar-refractivity contribution in [2.24, 2.45) is 0 Å². The van der Waals surface area contributed by atoms with Gasteiger partial charge in [-0.05, 0) is 24.3 Å². The van der Waals surface area contributed by atoms with E-state index in [2.05, 4.69) is 5.32 Å². The van der Waals surface area contributed by atoms with E-state index in [0.717, 1.165) is 12.1 Å². The number of halogens is 5. The molecule has 0 saturated carbocycles. The van der Waals surface area contributed by atoms with Crippen LogP contribution in [0.2, 0.25) is 5.02 Å². The molecule has 106 valence electrons. The normalized spacial score (nSPS) is 11.4. The zero-order valence-corrected chi connectivity index (χ0v) is 10.9. The Hall–Kier alpha value is -1.75. The molecule has 20 heavy (non-hydrogen) atoms. The van der Waals surface area contributed by atoms with E-state index in [1.165, 1.54) is 30.3 Å². The van der Waals surface area contributed by atoms with E-state index in [9.17, 15) is 17.6 Å². The highest BCUT2D eigenvalue weighted by Gasteiger charge is 2.33. The van der Waals surface area contributed by atoms with Gasteiger partial charge in [-0.15, -0.1) is 0 Å². The van der Waals surface area contributed by atoms with Crippen LogP contribution in [-0.2, 0) is 12.7 Å². The molecule has 0 radical (unpaired) electrons. The van der Waals surface area contributed by atoms with Gasteiger partial charge in [0.05, 0.1) is 5.56 Å². The number of para-hydroxylation sites is 1. The maximum absolute atomic E-state index is 13.5. The number of hydrogen-bond donors (Lipinski definition) is 1. The van der Waals surface area contributed by atoms with Crippen LogP contribution in [0.25, 0.3) is 0 Å². The van der Waals surface area contributed by atoms with Gasteiger partial charge in [-0.2, -0.15) is 13.2 Å². The Balaban J connectivity index is 2.19. The Morgan fingerprint density at radius 3 is 2.40 bits per heavy atom. The summed E-state index contributed by atoms with van der Waals surface area (Å²) in [6.45, 7) is -0.0594. The smallest absolute Gasteiger partial charge is 0.380 e. The fraction of sp³-hybridized carbons (Fsp3) is 0.143. The third kappa shape index (κ3) is 3.42. The molecule has 0 saturated heterocycles. The van der Waals surface area contributed by atoms with Gasteiger partial charge >= 0.3 is 6.18 Å². The van der Waals surface area contributed by atoms with Crippen LogP contribution in [-0.4, -0.2) is 0 Å². The van der Waals surface area contributed by atoms with Crippen molar-refractivity contribution in [3.63, 3.8) is 0 Å². The van der Waals surface area contributed by atoms with Crippen molar-refractivity contribution in [1.29, 1.82) is 0 Å². The van der Waals surface area contributed by atoms with Gasteiger partial charge in [0, 0.05) is 22.8 Å². The Morgan fingerprint density at radius 2 is 1.75 bits per heavy atom. The predicted octanol–water partition coefficient (Wildman–Crippen LogP) is 5.11. The molecule has 1 N–H and O–H groups in total. The third-order valence-corrected chi connectivity index (χ3v) is 2.95. The summed E-state index contributed by atoms with van der Waals surface area (Å²) in [5, 5.41) is 2.83. The molecule has 0 aliphatic carbocycles. The quantitative estimate of drug-likeness (QED) is 0.777. The molecule has 0 atom stereocenters. The summed E-state index contributed by atoms with van der Waals surface area (Å²) >= 11 is 5.61. The second kappa shape index (κ2) is 5.71. The minimum absolute atomic E-state index is 0.0594. The lowest BCUT2D eigenvalue weighted by Gasteiger charge is -2.14. The number of alkyl halides is 3. The highest BCUT2D eigenvalue weighted by Crippen LogP contribution is 2.34. The molecule has 0 heterocycles. The number of rotatable bonds is 3. The first-order valence-electron chi connectivity index (χ1n) is 5.72. The van der Waals surface area contributed by atoms with Crippen molar-refractivity contribution >= 4 is 17.3 Å². The van der Waals surface area contributed by atoms with E-state index >= 15 is 0 Å². The number of anilines is 1. The summed E-state index contributed by atoms with van der Waals surface area (Å²) in [4.78, 5) is 0. The van der Waals surface area contributed by atoms with Gasteiger partial charge in [-0.3, -0.25) is 0 Å². The second-order valence-electron chi connectivity index (χ2n) is 4.13. The fourth-order valence-corrected chi connectivity index (χ4v) is 1.90. The van der Waals surface area contributed by atoms with E-state index in [1.807, 2.05) is 0 Å². The number of hydrogen-bond acceptors (Lipinski definition) is 1. The molecule has 1 nitrogen and oxygen atoms in total. The lowest BCUT2D eigenvalue weighted by atomic mass is 10.1. The van der Waals surface area contributed by atoms with E-state index in [-0.39, 0.29) is 22.8 Å². The summed E-state index contributed by atoms with van der Waals surface area (Å²) in [7, 11) is 0. The van der Waals surface area contributed by atoms with Crippen LogP contribution in [0.4, 0.5) is 23.2 Å². The van der Waals surface area contributed by atoms with Crippen LogP contribution < -0.4 is 5.32 Å². The molecule has 2 aromatic rings. The minimum atomic E-state index is -4.46. The van der Waals surface area contributed by atoms with Crippen LogP contribution in [0, 0.1) is 5.82 Å². The maximum Gasteiger partial charge on any atom is 0.418 e. The lowest BCUT2D eigenvalue weighted by Crippen LogP contribution is -2.11. The van der Waals surface area contributed by atoms with Crippen LogP contribution >= 0.6 is 11.6 Å². The van der Waals surface area contributed by atoms with Gasteiger partial charge in [-0.25, -0.2) is 4.39 Å². The largest absolute Gasteiger partial charge is 0.418 e. The molecular weight excluding hydrogens is 294 g/mol. The van der Waals surface area contributed by atoms with Gasteiger partial charge in [0.2, 0.25) is 0 Å². The molecule has 6 heteroatoms. The molecule has 0 spiro atoms. The fourth-order valence-electron chi connectivity index (χ4n) is 1.74. The maximum atomic E-state index is 13.5. The van der Waals surface area contributed by atoms with Crippen molar-refractivity contribution in [2.75, 3.05) is 5.32 Å². The molecule has 2 rings (SSSR count). The minimum Gasteiger partial charge on any atom is -0.380 e. The van der Waals surface area contributed by atoms with Crippen molar-refractivity contribution in [1.82, 2.24) is 0 Å². The van der Waals surface area contributed by atoms with Gasteiger partial charge in [-0.1, -0.05) is 29.8 Å². The summed E-state index contributed by atoms with van der Waals surface area (Å²) in [6.07, 6.45) is -4.46. The van der Waals surface area contributed by atoms with Crippen LogP contribution in [0.5, 0.6) is 0 Å². The molecular formula is C14H10ClF4N. The highest BCUT2D eigenvalue weighted by atomic mass is 35.5. The van der Waals surface area contributed by atoms with Gasteiger partial charge < -0.3 is 5.32 Å². The van der Waals surface area contributed by atoms with E-state index in [1.54, 1.807) is 0 Å². The SMILES string of the molecule is Fc1cc(Cl)ccc1CNc1ccccc1C(F)(F)F. The molecule has 2 aromatic carbocycles. The summed E-state index contributed by atoms with van der Waals surface area (Å²) < 4.78 is 51.9. The van der Waals surface area contributed by atoms with Gasteiger partial charge in [0.15, 0.2) is 0 Å². The summed E-state index contributed by atoms with van der Waals surface area (Å²) in [6, 6.07) is 9.09. The average molecular weight is 304 g/mol. The first kappa shape index (κ1) is 14.7. The first-order valence-corrected chi connectivity index (χ1v) is 6.10. The monoisotopic (exact) mass is 303 g/mol. The predicted molar refractivity (Wildman–Crippen MR) is 70.2 cm³/mol. The van der Waals surface area contributed by atoms with Crippen LogP contribution in [0.15, 0.2) is 42.5 Å². The van der Waals surface area contributed by atoms with Gasteiger partial charge in [0.1, 0.15) is 5.82 Å². The number of benzene rings is 2. The van der Waals surface area contributed by atoms with Crippen molar-refractivity contribution in [2.45, 2.75) is 12.7 Å². The molecule has 0 fully saturated rings. The van der Waals surface area contributed by atoms with Gasteiger partial charge in [0.25, 0.3) is 0 Å². The Labute approximate surface area is 118 Å². The van der Waals surface area contributed by atoms with E-state index < -0.39 is 17.6 Å².